The van der Waals surface area contributed by atoms with Crippen molar-refractivity contribution < 1.29 is 22.8 Å². The van der Waals surface area contributed by atoms with Crippen molar-refractivity contribution in [2.45, 2.75) is 18.6 Å². The number of carbonyl (C=O) groups excluding carboxylic acids is 2. The van der Waals surface area contributed by atoms with Crippen LogP contribution in [0, 0.1) is 0 Å². The molecule has 0 radical (unpaired) electrons. The van der Waals surface area contributed by atoms with Crippen LogP contribution in [0.4, 0.5) is 24.5 Å². The molecule has 2 aromatic carbocycles. The van der Waals surface area contributed by atoms with Crippen LogP contribution < -0.4 is 15.5 Å². The number of nitrogens with one attached hydrogen (secondary N) is 2. The summed E-state index contributed by atoms with van der Waals surface area (Å²) < 4.78 is 38.2. The van der Waals surface area contributed by atoms with E-state index >= 15 is 0 Å². The van der Waals surface area contributed by atoms with E-state index in [4.69, 9.17) is 0 Å². The van der Waals surface area contributed by atoms with Crippen LogP contribution in [0.2, 0.25) is 0 Å². The van der Waals surface area contributed by atoms with Gasteiger partial charge in [0.05, 0.1) is 11.6 Å². The van der Waals surface area contributed by atoms with Crippen LogP contribution in [0.3, 0.4) is 0 Å². The Balaban J connectivity index is 1.42. The molecule has 10 heteroatoms. The fourth-order valence-corrected chi connectivity index (χ4v) is 4.59. The van der Waals surface area contributed by atoms with E-state index in [1.165, 1.54) is 11.3 Å². The van der Waals surface area contributed by atoms with Crippen molar-refractivity contribution in [3.05, 3.63) is 59.2 Å². The third-order valence-corrected chi connectivity index (χ3v) is 6.73. The molecule has 1 saturated heterocycles. The quantitative estimate of drug-likeness (QED) is 0.633. The van der Waals surface area contributed by atoms with E-state index in [1.807, 2.05) is 0 Å². The molecule has 2 N–H and O–H groups in total. The van der Waals surface area contributed by atoms with Gasteiger partial charge in [0.1, 0.15) is 0 Å². The first-order valence-electron chi connectivity index (χ1n) is 11.6. The van der Waals surface area contributed by atoms with E-state index in [0.717, 1.165) is 69.0 Å². The summed E-state index contributed by atoms with van der Waals surface area (Å²) in [5.41, 5.74) is 2.88. The van der Waals surface area contributed by atoms with Gasteiger partial charge in [-0.2, -0.15) is 13.2 Å². The number of carbonyl (C=O) groups is 2. The number of anilines is 2. The Kier molecular flexibility index (Phi) is 7.32. The van der Waals surface area contributed by atoms with Gasteiger partial charge in [0, 0.05) is 57.7 Å². The van der Waals surface area contributed by atoms with Crippen molar-refractivity contribution in [1.82, 2.24) is 15.1 Å². The Bertz CT molecular complexity index is 1070. The molecule has 2 amide bonds. The number of likely N-dealkylation sites (N-methyl/N-ethyl adjacent to an activating group) is 2. The molecule has 0 spiro atoms. The Morgan fingerprint density at radius 1 is 0.943 bits per heavy atom. The maximum atomic E-state index is 12.7. The summed E-state index contributed by atoms with van der Waals surface area (Å²) in [5, 5.41) is 5.09. The Morgan fingerprint density at radius 3 is 2.29 bits per heavy atom. The maximum Gasteiger partial charge on any atom is 0.416 e. The fourth-order valence-electron chi connectivity index (χ4n) is 4.59. The van der Waals surface area contributed by atoms with Crippen LogP contribution in [0.15, 0.2) is 42.5 Å². The number of nitrogens with zero attached hydrogens (tertiary/aromatic N) is 3. The Labute approximate surface area is 202 Å². The summed E-state index contributed by atoms with van der Waals surface area (Å²) in [7, 11) is 4.14. The number of halogens is 3. The lowest BCUT2D eigenvalue weighted by atomic mass is 10.00. The molecule has 2 heterocycles. The van der Waals surface area contributed by atoms with Gasteiger partial charge in [-0.25, -0.2) is 0 Å². The number of amides is 2. The van der Waals surface area contributed by atoms with E-state index in [1.54, 1.807) is 0 Å². The monoisotopic (exact) mass is 489 g/mol. The van der Waals surface area contributed by atoms with Crippen LogP contribution in [-0.2, 0) is 22.2 Å². The Morgan fingerprint density at radius 2 is 1.63 bits per heavy atom. The van der Waals surface area contributed by atoms with Crippen LogP contribution in [-0.4, -0.2) is 75.0 Å². The zero-order valence-corrected chi connectivity index (χ0v) is 19.9. The van der Waals surface area contributed by atoms with Gasteiger partial charge in [0.2, 0.25) is 0 Å². The fraction of sp³-hybridized carbons (Fsp3) is 0.440. The molecule has 7 nitrogen and oxygen atoms in total. The number of benzene rings is 2. The number of hydrogen-bond acceptors (Lipinski definition) is 5. The van der Waals surface area contributed by atoms with E-state index in [2.05, 4.69) is 57.6 Å². The highest BCUT2D eigenvalue weighted by molar-refractivity contribution is 6.39. The molecule has 0 bridgehead atoms. The average molecular weight is 490 g/mol. The molecule has 1 fully saturated rings. The molecule has 2 aliphatic heterocycles. The van der Waals surface area contributed by atoms with Crippen molar-refractivity contribution >= 4 is 23.2 Å². The highest BCUT2D eigenvalue weighted by Gasteiger charge is 2.30. The van der Waals surface area contributed by atoms with Gasteiger partial charge in [-0.05, 0) is 54.9 Å². The zero-order valence-electron chi connectivity index (χ0n) is 19.9. The van der Waals surface area contributed by atoms with Crippen molar-refractivity contribution in [2.75, 3.05) is 63.6 Å². The number of fused-ring (bicyclic) bond motifs is 1. The van der Waals surface area contributed by atoms with Crippen LogP contribution in [0.1, 0.15) is 22.7 Å². The number of rotatable bonds is 5. The second-order valence-electron chi connectivity index (χ2n) is 9.15. The largest absolute Gasteiger partial charge is 0.416 e. The van der Waals surface area contributed by atoms with Crippen molar-refractivity contribution in [3.8, 4) is 0 Å². The number of hydrogen-bond donors (Lipinski definition) is 2. The highest BCUT2D eigenvalue weighted by Crippen LogP contribution is 2.32. The molecule has 4 rings (SSSR count). The minimum Gasteiger partial charge on any atom is -0.374 e. The van der Waals surface area contributed by atoms with Crippen molar-refractivity contribution in [2.24, 2.45) is 0 Å². The number of alkyl halides is 3. The van der Waals surface area contributed by atoms with Crippen LogP contribution in [0.25, 0.3) is 0 Å². The topological polar surface area (TPSA) is 67.9 Å². The minimum absolute atomic E-state index is 0.0947. The lowest BCUT2D eigenvalue weighted by molar-refractivity contribution is -0.137. The molecule has 0 aliphatic carbocycles. The third kappa shape index (κ3) is 5.94. The predicted octanol–water partition coefficient (Wildman–Crippen LogP) is 2.74. The van der Waals surface area contributed by atoms with E-state index in [9.17, 15) is 22.8 Å². The van der Waals surface area contributed by atoms with Gasteiger partial charge in [-0.3, -0.25) is 14.5 Å². The average Bonchev–Trinajstić information content (AvgIpc) is 3.20. The standard InChI is InChI=1S/C25H30F3N5O2/c1-31-11-13-33(14-12-31)22(17-3-8-21-18(15-17)9-10-32(21)2)16-29-23(34)24(35)30-20-6-4-19(5-7-20)25(26,27)28/h3-8,15,22H,9-14,16H2,1-2H3,(H,29,34)(H,30,35). The Hall–Kier alpha value is -3.11. The smallest absolute Gasteiger partial charge is 0.374 e. The van der Waals surface area contributed by atoms with Crippen molar-refractivity contribution in [3.63, 3.8) is 0 Å². The summed E-state index contributed by atoms with van der Waals surface area (Å²) in [4.78, 5) is 31.7. The molecular formula is C25H30F3N5O2. The maximum absolute atomic E-state index is 12.7. The highest BCUT2D eigenvalue weighted by atomic mass is 19.4. The molecule has 0 saturated carbocycles. The summed E-state index contributed by atoms with van der Waals surface area (Å²) in [6.45, 7) is 4.72. The lowest BCUT2D eigenvalue weighted by Gasteiger charge is -2.38. The minimum atomic E-state index is -4.47. The predicted molar refractivity (Wildman–Crippen MR) is 128 cm³/mol. The second kappa shape index (κ2) is 10.2. The van der Waals surface area contributed by atoms with Gasteiger partial charge in [-0.1, -0.05) is 12.1 Å². The zero-order chi connectivity index (χ0) is 25.2. The first kappa shape index (κ1) is 25.0. The molecular weight excluding hydrogens is 459 g/mol. The lowest BCUT2D eigenvalue weighted by Crippen LogP contribution is -2.49. The van der Waals surface area contributed by atoms with Gasteiger partial charge in [0.15, 0.2) is 0 Å². The van der Waals surface area contributed by atoms with Crippen molar-refractivity contribution in [1.29, 1.82) is 0 Å². The summed E-state index contributed by atoms with van der Waals surface area (Å²) in [6.07, 6.45) is -3.50. The van der Waals surface area contributed by atoms with E-state index in [0.29, 0.717) is 0 Å². The summed E-state index contributed by atoms with van der Waals surface area (Å²) in [5.74, 6) is -1.75. The SMILES string of the molecule is CN1CCN(C(CNC(=O)C(=O)Nc2ccc(C(F)(F)F)cc2)c2ccc3c(c2)CCN3C)CC1. The molecule has 1 unspecified atom stereocenters. The molecule has 35 heavy (non-hydrogen) atoms. The summed E-state index contributed by atoms with van der Waals surface area (Å²) in [6, 6.07) is 10.3. The molecule has 2 aromatic rings. The van der Waals surface area contributed by atoms with Gasteiger partial charge in [-0.15, -0.1) is 0 Å². The first-order valence-corrected chi connectivity index (χ1v) is 11.6. The normalized spacial score (nSPS) is 17.7. The van der Waals surface area contributed by atoms with E-state index in [-0.39, 0.29) is 18.3 Å². The number of piperazine rings is 1. The summed E-state index contributed by atoms with van der Waals surface area (Å²) >= 11 is 0. The van der Waals surface area contributed by atoms with Crippen LogP contribution >= 0.6 is 0 Å². The second-order valence-corrected chi connectivity index (χ2v) is 9.15. The van der Waals surface area contributed by atoms with Gasteiger partial charge < -0.3 is 20.4 Å². The first-order chi connectivity index (χ1) is 16.6. The van der Waals surface area contributed by atoms with Gasteiger partial charge >= 0.3 is 18.0 Å². The molecule has 1 atom stereocenters. The van der Waals surface area contributed by atoms with E-state index < -0.39 is 23.6 Å². The van der Waals surface area contributed by atoms with Gasteiger partial charge in [0.25, 0.3) is 0 Å². The molecule has 188 valence electrons. The van der Waals surface area contributed by atoms with Crippen LogP contribution in [0.5, 0.6) is 0 Å². The third-order valence-electron chi connectivity index (χ3n) is 6.73. The molecule has 0 aromatic heterocycles. The molecule has 2 aliphatic rings.